The highest BCUT2D eigenvalue weighted by Gasteiger charge is 2.18. The van der Waals surface area contributed by atoms with Gasteiger partial charge < -0.3 is 16.0 Å². The Morgan fingerprint density at radius 3 is 2.12 bits per heavy atom. The van der Waals surface area contributed by atoms with Gasteiger partial charge in [0.2, 0.25) is 5.91 Å². The molecule has 0 aliphatic rings. The van der Waals surface area contributed by atoms with Crippen LogP contribution in [0.4, 0.5) is 22.7 Å². The molecule has 0 fully saturated rings. The number of nitro benzene ring substituents is 1. The van der Waals surface area contributed by atoms with Gasteiger partial charge in [0.05, 0.1) is 37.5 Å². The van der Waals surface area contributed by atoms with Crippen molar-refractivity contribution in [1.82, 2.24) is 0 Å². The molecule has 0 saturated heterocycles. The maximum atomic E-state index is 12.8. The number of halogens is 2. The van der Waals surface area contributed by atoms with Crippen LogP contribution >= 0.6 is 23.2 Å². The lowest BCUT2D eigenvalue weighted by atomic mass is 10.1. The van der Waals surface area contributed by atoms with Crippen LogP contribution in [0.2, 0.25) is 10.0 Å². The van der Waals surface area contributed by atoms with Crippen molar-refractivity contribution in [2.24, 2.45) is 0 Å². The zero-order chi connectivity index (χ0) is 24.1. The summed E-state index contributed by atoms with van der Waals surface area (Å²) in [6.07, 6.45) is 0. The quantitative estimate of drug-likeness (QED) is 0.318. The molecular formula is C22H16Cl2N4O5. The number of para-hydroxylation sites is 1. The summed E-state index contributed by atoms with van der Waals surface area (Å²) in [7, 11) is 0. The van der Waals surface area contributed by atoms with Gasteiger partial charge in [-0.15, -0.1) is 0 Å². The van der Waals surface area contributed by atoms with E-state index >= 15 is 0 Å². The number of amides is 3. The fraction of sp³-hybridized carbons (Fsp3) is 0.0455. The van der Waals surface area contributed by atoms with Gasteiger partial charge in [-0.05, 0) is 36.4 Å². The van der Waals surface area contributed by atoms with E-state index in [0.29, 0.717) is 11.4 Å². The smallest absolute Gasteiger partial charge is 0.270 e. The van der Waals surface area contributed by atoms with Crippen LogP contribution in [0.25, 0.3) is 0 Å². The van der Waals surface area contributed by atoms with Crippen molar-refractivity contribution < 1.29 is 19.3 Å². The molecule has 3 N–H and O–H groups in total. The Bertz CT molecular complexity index is 1280. The number of carbonyl (C=O) groups excluding carboxylic acids is 3. The molecule has 0 saturated carbocycles. The van der Waals surface area contributed by atoms with E-state index in [2.05, 4.69) is 16.0 Å². The van der Waals surface area contributed by atoms with Crippen LogP contribution < -0.4 is 16.0 Å². The van der Waals surface area contributed by atoms with Gasteiger partial charge in [0.15, 0.2) is 0 Å². The first kappa shape index (κ1) is 23.7. The van der Waals surface area contributed by atoms with Gasteiger partial charge in [0.1, 0.15) is 0 Å². The molecule has 3 amide bonds. The Kier molecular flexibility index (Phi) is 7.27. The SMILES string of the molecule is CC(=O)Nc1ccc(NC(=O)c2ccccc2NC(=O)c2ccc([N+](=O)[O-])cc2Cl)cc1Cl. The average Bonchev–Trinajstić information content (AvgIpc) is 2.75. The summed E-state index contributed by atoms with van der Waals surface area (Å²) in [5.74, 6) is -1.45. The lowest BCUT2D eigenvalue weighted by molar-refractivity contribution is -0.384. The summed E-state index contributed by atoms with van der Waals surface area (Å²) in [6.45, 7) is 1.35. The molecule has 0 unspecified atom stereocenters. The topological polar surface area (TPSA) is 130 Å². The van der Waals surface area contributed by atoms with Gasteiger partial charge >= 0.3 is 0 Å². The third kappa shape index (κ3) is 5.85. The third-order valence-corrected chi connectivity index (χ3v) is 4.99. The van der Waals surface area contributed by atoms with Crippen molar-refractivity contribution in [3.05, 3.63) is 92.0 Å². The van der Waals surface area contributed by atoms with Gasteiger partial charge in [0, 0.05) is 24.7 Å². The van der Waals surface area contributed by atoms with Crippen molar-refractivity contribution in [3.63, 3.8) is 0 Å². The third-order valence-electron chi connectivity index (χ3n) is 4.37. The number of nitrogens with zero attached hydrogens (tertiary/aromatic N) is 1. The molecule has 0 bridgehead atoms. The summed E-state index contributed by atoms with van der Waals surface area (Å²) in [4.78, 5) is 46.9. The Morgan fingerprint density at radius 1 is 0.788 bits per heavy atom. The molecule has 0 heterocycles. The number of non-ortho nitro benzene ring substituents is 1. The number of hydrogen-bond acceptors (Lipinski definition) is 5. The highest BCUT2D eigenvalue weighted by molar-refractivity contribution is 6.35. The number of anilines is 3. The fourth-order valence-corrected chi connectivity index (χ4v) is 3.35. The van der Waals surface area contributed by atoms with Crippen LogP contribution in [0.15, 0.2) is 60.7 Å². The van der Waals surface area contributed by atoms with E-state index in [1.54, 1.807) is 24.3 Å². The van der Waals surface area contributed by atoms with E-state index in [4.69, 9.17) is 23.2 Å². The van der Waals surface area contributed by atoms with Crippen LogP contribution in [-0.4, -0.2) is 22.6 Å². The molecule has 0 radical (unpaired) electrons. The minimum atomic E-state index is -0.641. The minimum absolute atomic E-state index is 0.0119. The number of carbonyl (C=O) groups is 3. The fourth-order valence-electron chi connectivity index (χ4n) is 2.86. The molecule has 3 aromatic carbocycles. The lowest BCUT2D eigenvalue weighted by Gasteiger charge is -2.13. The van der Waals surface area contributed by atoms with Gasteiger partial charge in [-0.25, -0.2) is 0 Å². The first-order chi connectivity index (χ1) is 15.7. The summed E-state index contributed by atoms with van der Waals surface area (Å²) < 4.78 is 0. The van der Waals surface area contributed by atoms with Crippen molar-refractivity contribution in [2.75, 3.05) is 16.0 Å². The van der Waals surface area contributed by atoms with Crippen molar-refractivity contribution in [3.8, 4) is 0 Å². The molecule has 0 aliphatic heterocycles. The molecule has 9 nitrogen and oxygen atoms in total. The zero-order valence-corrected chi connectivity index (χ0v) is 18.5. The Morgan fingerprint density at radius 2 is 1.48 bits per heavy atom. The van der Waals surface area contributed by atoms with Crippen molar-refractivity contribution in [1.29, 1.82) is 0 Å². The zero-order valence-electron chi connectivity index (χ0n) is 17.0. The van der Waals surface area contributed by atoms with Gasteiger partial charge in [-0.1, -0.05) is 35.3 Å². The number of nitrogens with one attached hydrogen (secondary N) is 3. The van der Waals surface area contributed by atoms with Gasteiger partial charge in [-0.3, -0.25) is 24.5 Å². The molecular weight excluding hydrogens is 471 g/mol. The molecule has 0 spiro atoms. The molecule has 3 rings (SSSR count). The maximum absolute atomic E-state index is 12.8. The van der Waals surface area contributed by atoms with E-state index in [0.717, 1.165) is 12.1 Å². The van der Waals surface area contributed by atoms with Crippen LogP contribution in [0.1, 0.15) is 27.6 Å². The number of rotatable bonds is 6. The second-order valence-corrected chi connectivity index (χ2v) is 7.57. The Balaban J connectivity index is 1.79. The van der Waals surface area contributed by atoms with E-state index in [-0.39, 0.29) is 38.5 Å². The predicted octanol–water partition coefficient (Wildman–Crippen LogP) is 5.36. The van der Waals surface area contributed by atoms with Gasteiger partial charge in [-0.2, -0.15) is 0 Å². The second-order valence-electron chi connectivity index (χ2n) is 6.75. The highest BCUT2D eigenvalue weighted by atomic mass is 35.5. The molecule has 33 heavy (non-hydrogen) atoms. The molecule has 11 heteroatoms. The van der Waals surface area contributed by atoms with Gasteiger partial charge in [0.25, 0.3) is 17.5 Å². The monoisotopic (exact) mass is 486 g/mol. The van der Waals surface area contributed by atoms with Crippen molar-refractivity contribution >= 4 is 63.7 Å². The van der Waals surface area contributed by atoms with Crippen LogP contribution in [0, 0.1) is 10.1 Å². The maximum Gasteiger partial charge on any atom is 0.270 e. The van der Waals surface area contributed by atoms with Crippen LogP contribution in [0.5, 0.6) is 0 Å². The number of hydrogen-bond donors (Lipinski definition) is 3. The molecule has 3 aromatic rings. The van der Waals surface area contributed by atoms with E-state index in [1.807, 2.05) is 0 Å². The average molecular weight is 487 g/mol. The highest BCUT2D eigenvalue weighted by Crippen LogP contribution is 2.27. The number of nitro groups is 1. The minimum Gasteiger partial charge on any atom is -0.325 e. The molecule has 0 aromatic heterocycles. The first-order valence-electron chi connectivity index (χ1n) is 9.38. The van der Waals surface area contributed by atoms with E-state index in [9.17, 15) is 24.5 Å². The van der Waals surface area contributed by atoms with Crippen LogP contribution in [-0.2, 0) is 4.79 Å². The number of benzene rings is 3. The lowest BCUT2D eigenvalue weighted by Crippen LogP contribution is -2.18. The first-order valence-corrected chi connectivity index (χ1v) is 10.1. The normalized spacial score (nSPS) is 10.3. The summed E-state index contributed by atoms with van der Waals surface area (Å²) in [6, 6.07) is 14.3. The standard InChI is InChI=1S/C22H16Cl2N4O5/c1-12(29)25-20-9-6-13(10-18(20)24)26-22(31)16-4-2-3-5-19(16)27-21(30)15-8-7-14(28(32)33)11-17(15)23/h2-11H,1H3,(H,25,29)(H,26,31)(H,27,30). The Labute approximate surface area is 197 Å². The summed E-state index contributed by atoms with van der Waals surface area (Å²) in [5.41, 5.74) is 0.895. The molecule has 168 valence electrons. The van der Waals surface area contributed by atoms with E-state index < -0.39 is 16.7 Å². The Hall–Kier alpha value is -3.95. The van der Waals surface area contributed by atoms with Crippen molar-refractivity contribution in [2.45, 2.75) is 6.92 Å². The largest absolute Gasteiger partial charge is 0.325 e. The molecule has 0 aliphatic carbocycles. The predicted molar refractivity (Wildman–Crippen MR) is 126 cm³/mol. The van der Waals surface area contributed by atoms with Crippen LogP contribution in [0.3, 0.4) is 0 Å². The molecule has 0 atom stereocenters. The summed E-state index contributed by atoms with van der Waals surface area (Å²) in [5, 5.41) is 18.8. The summed E-state index contributed by atoms with van der Waals surface area (Å²) >= 11 is 12.2. The second kappa shape index (κ2) is 10.1. The van der Waals surface area contributed by atoms with E-state index in [1.165, 1.54) is 31.2 Å².